The van der Waals surface area contributed by atoms with E-state index in [1.807, 2.05) is 6.92 Å². The second kappa shape index (κ2) is 3.22. The van der Waals surface area contributed by atoms with Gasteiger partial charge in [0.2, 0.25) is 5.91 Å². The third-order valence-corrected chi connectivity index (χ3v) is 2.18. The fourth-order valence-electron chi connectivity index (χ4n) is 1.18. The van der Waals surface area contributed by atoms with Crippen molar-refractivity contribution in [3.63, 3.8) is 0 Å². The fourth-order valence-corrected chi connectivity index (χ4v) is 1.66. The minimum atomic E-state index is 0.0178. The third-order valence-electron chi connectivity index (χ3n) is 1.75. The topological polar surface area (TPSA) is 29.1 Å². The Morgan fingerprint density at radius 3 is 2.91 bits per heavy atom. The smallest absolute Gasteiger partial charge is 0.248 e. The molecule has 1 aliphatic heterocycles. The quantitative estimate of drug-likeness (QED) is 0.523. The zero-order valence-corrected chi connectivity index (χ0v) is 7.94. The molecule has 0 aromatic rings. The number of carbonyl (C=O) groups excluding carboxylic acids is 1. The molecule has 2 nitrogen and oxygen atoms in total. The predicted octanol–water partition coefficient (Wildman–Crippen LogP) is 1.59. The zero-order chi connectivity index (χ0) is 8.43. The van der Waals surface area contributed by atoms with E-state index in [0.29, 0.717) is 6.54 Å². The first-order chi connectivity index (χ1) is 5.16. The number of hydrogen-bond acceptors (Lipinski definition) is 1. The molecule has 1 saturated heterocycles. The largest absolute Gasteiger partial charge is 0.351 e. The number of carbonyl (C=O) groups is 1. The van der Waals surface area contributed by atoms with Crippen molar-refractivity contribution in [1.82, 2.24) is 5.32 Å². The first-order valence-electron chi connectivity index (χ1n) is 3.44. The zero-order valence-electron chi connectivity index (χ0n) is 6.36. The van der Waals surface area contributed by atoms with E-state index in [2.05, 4.69) is 27.8 Å². The Morgan fingerprint density at radius 2 is 2.55 bits per heavy atom. The van der Waals surface area contributed by atoms with Gasteiger partial charge in [0.1, 0.15) is 0 Å². The molecule has 0 spiro atoms. The lowest BCUT2D eigenvalue weighted by Crippen LogP contribution is -2.14. The van der Waals surface area contributed by atoms with E-state index in [1.54, 1.807) is 6.08 Å². The van der Waals surface area contributed by atoms with Crippen LogP contribution in [0.5, 0.6) is 0 Å². The predicted molar refractivity (Wildman–Crippen MR) is 48.3 cm³/mol. The summed E-state index contributed by atoms with van der Waals surface area (Å²) in [6, 6.07) is 0. The van der Waals surface area contributed by atoms with Crippen LogP contribution in [0.2, 0.25) is 0 Å². The molecule has 1 heterocycles. The first kappa shape index (κ1) is 8.53. The van der Waals surface area contributed by atoms with Crippen LogP contribution in [0, 0.1) is 5.92 Å². The lowest BCUT2D eigenvalue weighted by Gasteiger charge is -2.01. The maximum atomic E-state index is 11.1. The van der Waals surface area contributed by atoms with Crippen LogP contribution in [0.3, 0.4) is 0 Å². The van der Waals surface area contributed by atoms with Gasteiger partial charge in [0.05, 0.1) is 0 Å². The van der Waals surface area contributed by atoms with E-state index in [0.717, 1.165) is 10.1 Å². The van der Waals surface area contributed by atoms with Crippen molar-refractivity contribution in [1.29, 1.82) is 0 Å². The highest BCUT2D eigenvalue weighted by molar-refractivity contribution is 9.11. The van der Waals surface area contributed by atoms with Gasteiger partial charge in [-0.05, 0) is 6.92 Å². The summed E-state index contributed by atoms with van der Waals surface area (Å²) < 4.78 is 0.900. The van der Waals surface area contributed by atoms with Crippen LogP contribution in [-0.2, 0) is 4.79 Å². The van der Waals surface area contributed by atoms with Crippen LogP contribution in [0.4, 0.5) is 0 Å². The molecule has 0 aromatic carbocycles. The van der Waals surface area contributed by atoms with Crippen molar-refractivity contribution in [3.8, 4) is 0 Å². The molecule has 1 atom stereocenters. The molecule has 0 saturated carbocycles. The van der Waals surface area contributed by atoms with E-state index in [4.69, 9.17) is 0 Å². The third kappa shape index (κ3) is 1.53. The molecule has 3 heteroatoms. The Hall–Kier alpha value is -0.570. The Bertz CT molecular complexity index is 228. The number of hydrogen-bond donors (Lipinski definition) is 1. The van der Waals surface area contributed by atoms with Crippen molar-refractivity contribution in [3.05, 3.63) is 22.7 Å². The summed E-state index contributed by atoms with van der Waals surface area (Å²) in [7, 11) is 0. The lowest BCUT2D eigenvalue weighted by atomic mass is 10.0. The van der Waals surface area contributed by atoms with Crippen molar-refractivity contribution < 1.29 is 4.79 Å². The van der Waals surface area contributed by atoms with Crippen LogP contribution in [-0.4, -0.2) is 12.5 Å². The Labute approximate surface area is 74.5 Å². The molecule has 1 rings (SSSR count). The molecule has 1 N–H and O–H groups in total. The summed E-state index contributed by atoms with van der Waals surface area (Å²) in [6.07, 6.45) is 1.79. The number of allylic oxidation sites excluding steroid dienone is 1. The second-order valence-corrected chi connectivity index (χ2v) is 3.69. The molecule has 0 bridgehead atoms. The second-order valence-electron chi connectivity index (χ2n) is 2.50. The van der Waals surface area contributed by atoms with Gasteiger partial charge in [-0.15, -0.1) is 6.58 Å². The fraction of sp³-hybridized carbons (Fsp3) is 0.375. The molecule has 60 valence electrons. The Morgan fingerprint density at radius 1 is 1.91 bits per heavy atom. The van der Waals surface area contributed by atoms with Gasteiger partial charge in [-0.3, -0.25) is 4.79 Å². The molecule has 1 aliphatic rings. The van der Waals surface area contributed by atoms with E-state index in [-0.39, 0.29) is 11.8 Å². The Kier molecular flexibility index (Phi) is 2.49. The maximum absolute atomic E-state index is 11.1. The number of halogens is 1. The highest BCUT2D eigenvalue weighted by Crippen LogP contribution is 2.24. The van der Waals surface area contributed by atoms with Crippen molar-refractivity contribution in [2.75, 3.05) is 6.54 Å². The average Bonchev–Trinajstić information content (AvgIpc) is 2.30. The lowest BCUT2D eigenvalue weighted by molar-refractivity contribution is -0.116. The van der Waals surface area contributed by atoms with Crippen LogP contribution < -0.4 is 5.32 Å². The summed E-state index contributed by atoms with van der Waals surface area (Å²) in [5.41, 5.74) is 0.806. The van der Waals surface area contributed by atoms with Gasteiger partial charge < -0.3 is 5.32 Å². The molecular formula is C8H10BrNO. The summed E-state index contributed by atoms with van der Waals surface area (Å²) in [4.78, 5) is 11.1. The first-order valence-corrected chi connectivity index (χ1v) is 4.23. The molecule has 11 heavy (non-hydrogen) atoms. The highest BCUT2D eigenvalue weighted by Gasteiger charge is 2.26. The standard InChI is InChI=1S/C8H10BrNO/c1-3-6-4-10-8(11)7(6)5(2)9/h3,6H,1,4H2,2H3,(H,10,11)/b7-5+. The van der Waals surface area contributed by atoms with E-state index >= 15 is 0 Å². The van der Waals surface area contributed by atoms with E-state index < -0.39 is 0 Å². The van der Waals surface area contributed by atoms with Gasteiger partial charge in [0, 0.05) is 22.5 Å². The van der Waals surface area contributed by atoms with Crippen LogP contribution >= 0.6 is 15.9 Å². The summed E-state index contributed by atoms with van der Waals surface area (Å²) in [5, 5.41) is 2.75. The Balaban J connectivity index is 2.98. The van der Waals surface area contributed by atoms with E-state index in [1.165, 1.54) is 0 Å². The van der Waals surface area contributed by atoms with Gasteiger partial charge in [-0.1, -0.05) is 22.0 Å². The van der Waals surface area contributed by atoms with Crippen LogP contribution in [0.25, 0.3) is 0 Å². The average molecular weight is 216 g/mol. The summed E-state index contributed by atoms with van der Waals surface area (Å²) in [6.45, 7) is 6.22. The van der Waals surface area contributed by atoms with Gasteiger partial charge in [-0.25, -0.2) is 0 Å². The van der Waals surface area contributed by atoms with Crippen molar-refractivity contribution >= 4 is 21.8 Å². The number of amides is 1. The number of rotatable bonds is 1. The van der Waals surface area contributed by atoms with Gasteiger partial charge in [-0.2, -0.15) is 0 Å². The maximum Gasteiger partial charge on any atom is 0.248 e. The highest BCUT2D eigenvalue weighted by atomic mass is 79.9. The monoisotopic (exact) mass is 215 g/mol. The molecule has 1 fully saturated rings. The van der Waals surface area contributed by atoms with Gasteiger partial charge in [0.15, 0.2) is 0 Å². The molecule has 0 aliphatic carbocycles. The van der Waals surface area contributed by atoms with Gasteiger partial charge in [0.25, 0.3) is 0 Å². The molecular weight excluding hydrogens is 206 g/mol. The molecule has 1 amide bonds. The number of nitrogens with one attached hydrogen (secondary N) is 1. The normalized spacial score (nSPS) is 28.2. The minimum Gasteiger partial charge on any atom is -0.351 e. The SMILES string of the molecule is C=CC1CNC(=O)/C1=C(\C)Br. The van der Waals surface area contributed by atoms with Crippen molar-refractivity contribution in [2.45, 2.75) is 6.92 Å². The summed E-state index contributed by atoms with van der Waals surface area (Å²) >= 11 is 3.29. The molecule has 0 aromatic heterocycles. The van der Waals surface area contributed by atoms with Gasteiger partial charge >= 0.3 is 0 Å². The van der Waals surface area contributed by atoms with Crippen molar-refractivity contribution in [2.24, 2.45) is 5.92 Å². The minimum absolute atomic E-state index is 0.0178. The van der Waals surface area contributed by atoms with E-state index in [9.17, 15) is 4.79 Å². The molecule has 1 unspecified atom stereocenters. The summed E-state index contributed by atoms with van der Waals surface area (Å²) in [5.74, 6) is 0.186. The van der Waals surface area contributed by atoms with Crippen LogP contribution in [0.15, 0.2) is 22.7 Å². The van der Waals surface area contributed by atoms with Crippen LogP contribution in [0.1, 0.15) is 6.92 Å². The molecule has 0 radical (unpaired) electrons.